The molecule has 0 aliphatic rings. The third-order valence-electron chi connectivity index (χ3n) is 2.83. The van der Waals surface area contributed by atoms with Crippen molar-refractivity contribution in [2.75, 3.05) is 13.7 Å². The van der Waals surface area contributed by atoms with Crippen LogP contribution >= 0.6 is 15.9 Å². The molecule has 1 N–H and O–H groups in total. The Morgan fingerprint density at radius 3 is 2.84 bits per heavy atom. The molecular weight excluding hydrogens is 310 g/mol. The van der Waals surface area contributed by atoms with Crippen LogP contribution in [0.15, 0.2) is 35.2 Å². The molecule has 0 spiro atoms. The number of hydrogen-bond acceptors (Lipinski definition) is 4. The molecule has 2 rings (SSSR count). The number of halogens is 1. The summed E-state index contributed by atoms with van der Waals surface area (Å²) in [6.45, 7) is 1.17. The number of nitrogens with zero attached hydrogens (tertiary/aromatic N) is 3. The van der Waals surface area contributed by atoms with Crippen LogP contribution in [0, 0.1) is 0 Å². The van der Waals surface area contributed by atoms with Crippen LogP contribution in [0.25, 0.3) is 0 Å². The maximum Gasteiger partial charge on any atom is 0.101 e. The van der Waals surface area contributed by atoms with Crippen LogP contribution in [0.3, 0.4) is 0 Å². The second-order valence-electron chi connectivity index (χ2n) is 4.17. The molecule has 2 aromatic rings. The van der Waals surface area contributed by atoms with Crippen molar-refractivity contribution in [1.29, 1.82) is 0 Å². The zero-order valence-corrected chi connectivity index (χ0v) is 12.2. The van der Waals surface area contributed by atoms with E-state index in [9.17, 15) is 5.11 Å². The molecule has 0 saturated carbocycles. The van der Waals surface area contributed by atoms with Crippen LogP contribution in [0.2, 0.25) is 0 Å². The van der Waals surface area contributed by atoms with Crippen LogP contribution in [-0.4, -0.2) is 33.6 Å². The minimum Gasteiger partial charge on any atom is -0.386 e. The van der Waals surface area contributed by atoms with Crippen molar-refractivity contribution in [3.63, 3.8) is 0 Å². The summed E-state index contributed by atoms with van der Waals surface area (Å²) in [5, 5.41) is 14.6. The van der Waals surface area contributed by atoms with E-state index in [1.807, 2.05) is 12.1 Å². The molecule has 5 nitrogen and oxygen atoms in total. The first-order valence-electron chi connectivity index (χ1n) is 5.99. The van der Waals surface area contributed by atoms with Gasteiger partial charge in [0.2, 0.25) is 0 Å². The van der Waals surface area contributed by atoms with Crippen molar-refractivity contribution >= 4 is 15.9 Å². The van der Waals surface area contributed by atoms with Crippen LogP contribution in [-0.2, 0) is 17.7 Å². The van der Waals surface area contributed by atoms with Crippen molar-refractivity contribution in [3.05, 3.63) is 46.5 Å². The van der Waals surface area contributed by atoms with Gasteiger partial charge >= 0.3 is 0 Å². The molecule has 0 fully saturated rings. The van der Waals surface area contributed by atoms with Gasteiger partial charge in [0.15, 0.2) is 0 Å². The first-order chi connectivity index (χ1) is 9.22. The molecule has 102 valence electrons. The Balaban J connectivity index is 2.14. The van der Waals surface area contributed by atoms with Gasteiger partial charge < -0.3 is 9.84 Å². The Labute approximate surface area is 120 Å². The molecule has 1 unspecified atom stereocenters. The lowest BCUT2D eigenvalue weighted by Gasteiger charge is -2.14. The molecule has 0 bridgehead atoms. The third-order valence-corrected chi connectivity index (χ3v) is 3.45. The van der Waals surface area contributed by atoms with Gasteiger partial charge in [-0.1, -0.05) is 0 Å². The average molecular weight is 326 g/mol. The highest BCUT2D eigenvalue weighted by molar-refractivity contribution is 9.10. The van der Waals surface area contributed by atoms with Gasteiger partial charge in [-0.2, -0.15) is 5.10 Å². The maximum absolute atomic E-state index is 10.4. The van der Waals surface area contributed by atoms with Gasteiger partial charge in [-0.05, 0) is 33.6 Å². The highest BCUT2D eigenvalue weighted by Crippen LogP contribution is 2.25. The Bertz CT molecular complexity index is 516. The second-order valence-corrected chi connectivity index (χ2v) is 5.02. The van der Waals surface area contributed by atoms with E-state index in [0.717, 1.165) is 15.7 Å². The molecule has 0 saturated heterocycles. The van der Waals surface area contributed by atoms with E-state index in [2.05, 4.69) is 26.0 Å². The molecule has 6 heteroatoms. The minimum absolute atomic E-state index is 0.528. The number of methoxy groups -OCH3 is 1. The predicted octanol–water partition coefficient (Wildman–Crippen LogP) is 1.96. The van der Waals surface area contributed by atoms with Crippen LogP contribution in [0.5, 0.6) is 0 Å². The normalized spacial score (nSPS) is 12.6. The van der Waals surface area contributed by atoms with E-state index in [0.29, 0.717) is 19.6 Å². The number of pyridine rings is 1. The standard InChI is InChI=1S/C13H16BrN3O2/c1-19-7-6-17-13(11(14)9-16-17)12(18)8-10-2-4-15-5-3-10/h2-5,9,12,18H,6-8H2,1H3. The fourth-order valence-electron chi connectivity index (χ4n) is 1.90. The van der Waals surface area contributed by atoms with Gasteiger partial charge in [0, 0.05) is 25.9 Å². The summed E-state index contributed by atoms with van der Waals surface area (Å²) < 4.78 is 7.62. The molecule has 2 aromatic heterocycles. The van der Waals surface area contributed by atoms with Gasteiger partial charge in [0.25, 0.3) is 0 Å². The number of hydrogen-bond donors (Lipinski definition) is 1. The smallest absolute Gasteiger partial charge is 0.101 e. The monoisotopic (exact) mass is 325 g/mol. The van der Waals surface area contributed by atoms with Crippen LogP contribution < -0.4 is 0 Å². The lowest BCUT2D eigenvalue weighted by atomic mass is 10.1. The molecular formula is C13H16BrN3O2. The van der Waals surface area contributed by atoms with Gasteiger partial charge in [-0.25, -0.2) is 0 Å². The molecule has 0 amide bonds. The number of rotatable bonds is 6. The summed E-state index contributed by atoms with van der Waals surface area (Å²) in [6, 6.07) is 3.79. The highest BCUT2D eigenvalue weighted by atomic mass is 79.9. The average Bonchev–Trinajstić information content (AvgIpc) is 2.78. The van der Waals surface area contributed by atoms with E-state index in [1.165, 1.54) is 0 Å². The fourth-order valence-corrected chi connectivity index (χ4v) is 2.46. The third kappa shape index (κ3) is 3.62. The molecule has 0 aliphatic heterocycles. The molecule has 1 atom stereocenters. The second kappa shape index (κ2) is 6.79. The fraction of sp³-hybridized carbons (Fsp3) is 0.385. The van der Waals surface area contributed by atoms with E-state index in [1.54, 1.807) is 30.4 Å². The summed E-state index contributed by atoms with van der Waals surface area (Å²) in [6.07, 6.45) is 5.05. The lowest BCUT2D eigenvalue weighted by molar-refractivity contribution is 0.152. The predicted molar refractivity (Wildman–Crippen MR) is 74.7 cm³/mol. The van der Waals surface area contributed by atoms with Crippen molar-refractivity contribution in [3.8, 4) is 0 Å². The number of ether oxygens (including phenoxy) is 1. The molecule has 0 radical (unpaired) electrons. The van der Waals surface area contributed by atoms with Gasteiger partial charge in [0.1, 0.15) is 6.10 Å². The summed E-state index contributed by atoms with van der Waals surface area (Å²) in [7, 11) is 1.64. The van der Waals surface area contributed by atoms with E-state index in [4.69, 9.17) is 4.74 Å². The van der Waals surface area contributed by atoms with Gasteiger partial charge in [-0.15, -0.1) is 0 Å². The van der Waals surface area contributed by atoms with Crippen molar-refractivity contribution in [2.45, 2.75) is 19.1 Å². The quantitative estimate of drug-likeness (QED) is 0.882. The van der Waals surface area contributed by atoms with Crippen molar-refractivity contribution in [1.82, 2.24) is 14.8 Å². The Kier molecular flexibility index (Phi) is 5.07. The zero-order valence-electron chi connectivity index (χ0n) is 10.7. The largest absolute Gasteiger partial charge is 0.386 e. The molecule has 19 heavy (non-hydrogen) atoms. The highest BCUT2D eigenvalue weighted by Gasteiger charge is 2.18. The van der Waals surface area contributed by atoms with Gasteiger partial charge in [0.05, 0.1) is 29.5 Å². The summed E-state index contributed by atoms with van der Waals surface area (Å²) in [5.41, 5.74) is 1.81. The maximum atomic E-state index is 10.4. The first-order valence-corrected chi connectivity index (χ1v) is 6.78. The van der Waals surface area contributed by atoms with E-state index in [-0.39, 0.29) is 0 Å². The van der Waals surface area contributed by atoms with Crippen LogP contribution in [0.1, 0.15) is 17.4 Å². The van der Waals surface area contributed by atoms with Crippen LogP contribution in [0.4, 0.5) is 0 Å². The van der Waals surface area contributed by atoms with E-state index >= 15 is 0 Å². The molecule has 0 aliphatic carbocycles. The van der Waals surface area contributed by atoms with Crippen molar-refractivity contribution < 1.29 is 9.84 Å². The number of aliphatic hydroxyl groups is 1. The molecule has 0 aromatic carbocycles. The lowest BCUT2D eigenvalue weighted by Crippen LogP contribution is -2.14. The summed E-state index contributed by atoms with van der Waals surface area (Å²) >= 11 is 3.43. The molecule has 2 heterocycles. The Morgan fingerprint density at radius 1 is 1.42 bits per heavy atom. The van der Waals surface area contributed by atoms with Gasteiger partial charge in [-0.3, -0.25) is 9.67 Å². The summed E-state index contributed by atoms with van der Waals surface area (Å²) in [5.74, 6) is 0. The number of aromatic nitrogens is 3. The Hall–Kier alpha value is -1.24. The zero-order chi connectivity index (χ0) is 13.7. The summed E-state index contributed by atoms with van der Waals surface area (Å²) in [4.78, 5) is 3.97. The Morgan fingerprint density at radius 2 is 2.16 bits per heavy atom. The SMILES string of the molecule is COCCn1ncc(Br)c1C(O)Cc1ccncc1. The first kappa shape index (κ1) is 14.2. The number of aliphatic hydroxyl groups excluding tert-OH is 1. The minimum atomic E-state index is -0.615. The topological polar surface area (TPSA) is 60.2 Å². The van der Waals surface area contributed by atoms with E-state index < -0.39 is 6.10 Å². The van der Waals surface area contributed by atoms with Crippen molar-refractivity contribution in [2.24, 2.45) is 0 Å².